The van der Waals surface area contributed by atoms with Gasteiger partial charge in [-0.1, -0.05) is 18.6 Å². The van der Waals surface area contributed by atoms with Crippen molar-refractivity contribution in [2.24, 2.45) is 0 Å². The molecular formula is C12H18O2. The van der Waals surface area contributed by atoms with Crippen LogP contribution in [0.3, 0.4) is 0 Å². The van der Waals surface area contributed by atoms with Gasteiger partial charge in [0.05, 0.1) is 0 Å². The summed E-state index contributed by atoms with van der Waals surface area (Å²) in [6, 6.07) is 0. The largest absolute Gasteiger partial charge is 0.456 e. The maximum Gasteiger partial charge on any atom is 0.331 e. The van der Waals surface area contributed by atoms with E-state index in [9.17, 15) is 4.79 Å². The molecule has 0 saturated heterocycles. The Bertz CT molecular complexity index is 265. The number of allylic oxidation sites excluding steroid dienone is 1. The van der Waals surface area contributed by atoms with Crippen LogP contribution in [-0.4, -0.2) is 11.6 Å². The molecule has 14 heavy (non-hydrogen) atoms. The molecule has 78 valence electrons. The Labute approximate surface area is 85.6 Å². The Morgan fingerprint density at radius 3 is 3.00 bits per heavy atom. The van der Waals surface area contributed by atoms with Crippen molar-refractivity contribution in [2.75, 3.05) is 0 Å². The van der Waals surface area contributed by atoms with Crippen molar-refractivity contribution in [3.05, 3.63) is 24.3 Å². The van der Waals surface area contributed by atoms with Gasteiger partial charge < -0.3 is 4.74 Å². The van der Waals surface area contributed by atoms with Crippen LogP contribution in [0.5, 0.6) is 0 Å². The number of cyclic esters (lactones) is 1. The van der Waals surface area contributed by atoms with Gasteiger partial charge in [-0.05, 0) is 26.2 Å². The molecule has 0 aromatic rings. The highest BCUT2D eigenvalue weighted by Crippen LogP contribution is 2.31. The molecule has 0 aliphatic carbocycles. The van der Waals surface area contributed by atoms with Crippen molar-refractivity contribution in [2.45, 2.75) is 45.1 Å². The van der Waals surface area contributed by atoms with Gasteiger partial charge in [-0.3, -0.25) is 0 Å². The summed E-state index contributed by atoms with van der Waals surface area (Å²) in [5.41, 5.74) is 0.874. The zero-order valence-corrected chi connectivity index (χ0v) is 9.01. The van der Waals surface area contributed by atoms with E-state index in [1.807, 2.05) is 13.0 Å². The van der Waals surface area contributed by atoms with Crippen molar-refractivity contribution >= 4 is 5.97 Å². The molecule has 1 heterocycles. The van der Waals surface area contributed by atoms with E-state index in [4.69, 9.17) is 4.74 Å². The maximum atomic E-state index is 11.3. The summed E-state index contributed by atoms with van der Waals surface area (Å²) < 4.78 is 5.34. The van der Waals surface area contributed by atoms with Gasteiger partial charge in [-0.2, -0.15) is 0 Å². The SMILES string of the molecule is C=CCC[C@@]1(C)CC(CC)=CC(=O)O1. The van der Waals surface area contributed by atoms with Gasteiger partial charge in [0.1, 0.15) is 5.60 Å². The van der Waals surface area contributed by atoms with Crippen molar-refractivity contribution in [1.82, 2.24) is 0 Å². The van der Waals surface area contributed by atoms with Crippen LogP contribution >= 0.6 is 0 Å². The van der Waals surface area contributed by atoms with E-state index in [0.717, 1.165) is 25.7 Å². The highest BCUT2D eigenvalue weighted by Gasteiger charge is 2.31. The monoisotopic (exact) mass is 194 g/mol. The standard InChI is InChI=1S/C12H18O2/c1-4-6-7-12(3)9-10(5-2)8-11(13)14-12/h4,8H,1,5-7,9H2,2-3H3/t12-/m0/s1. The third-order valence-electron chi connectivity index (χ3n) is 2.60. The lowest BCUT2D eigenvalue weighted by atomic mass is 9.88. The summed E-state index contributed by atoms with van der Waals surface area (Å²) in [4.78, 5) is 11.3. The second-order valence-corrected chi connectivity index (χ2v) is 4.03. The Morgan fingerprint density at radius 1 is 1.71 bits per heavy atom. The van der Waals surface area contributed by atoms with Gasteiger partial charge in [-0.25, -0.2) is 4.79 Å². The zero-order valence-electron chi connectivity index (χ0n) is 9.01. The molecule has 0 saturated carbocycles. The molecule has 0 N–H and O–H groups in total. The summed E-state index contributed by atoms with van der Waals surface area (Å²) in [7, 11) is 0. The highest BCUT2D eigenvalue weighted by atomic mass is 16.6. The third kappa shape index (κ3) is 2.72. The van der Waals surface area contributed by atoms with Crippen LogP contribution in [0.1, 0.15) is 39.5 Å². The number of carbonyl (C=O) groups excluding carboxylic acids is 1. The fraction of sp³-hybridized carbons (Fsp3) is 0.583. The minimum absolute atomic E-state index is 0.195. The van der Waals surface area contributed by atoms with Gasteiger partial charge >= 0.3 is 5.97 Å². The van der Waals surface area contributed by atoms with E-state index < -0.39 is 0 Å². The first-order valence-corrected chi connectivity index (χ1v) is 5.13. The second-order valence-electron chi connectivity index (χ2n) is 4.03. The molecular weight excluding hydrogens is 176 g/mol. The van der Waals surface area contributed by atoms with Crippen molar-refractivity contribution < 1.29 is 9.53 Å². The molecule has 1 aliphatic rings. The number of ether oxygens (including phenoxy) is 1. The van der Waals surface area contributed by atoms with Crippen LogP contribution in [-0.2, 0) is 9.53 Å². The van der Waals surface area contributed by atoms with Crippen molar-refractivity contribution in [3.63, 3.8) is 0 Å². The second kappa shape index (κ2) is 4.45. The first-order valence-electron chi connectivity index (χ1n) is 5.13. The third-order valence-corrected chi connectivity index (χ3v) is 2.60. The normalized spacial score (nSPS) is 26.7. The molecule has 1 atom stereocenters. The van der Waals surface area contributed by atoms with E-state index in [0.29, 0.717) is 0 Å². The van der Waals surface area contributed by atoms with Gasteiger partial charge in [0, 0.05) is 12.5 Å². The van der Waals surface area contributed by atoms with E-state index >= 15 is 0 Å². The van der Waals surface area contributed by atoms with Crippen LogP contribution in [0.15, 0.2) is 24.3 Å². The molecule has 0 bridgehead atoms. The van der Waals surface area contributed by atoms with Gasteiger partial charge in [0.2, 0.25) is 0 Å². The fourth-order valence-corrected chi connectivity index (χ4v) is 1.78. The number of hydrogen-bond acceptors (Lipinski definition) is 2. The molecule has 2 heteroatoms. The average Bonchev–Trinajstić information content (AvgIpc) is 2.13. The van der Waals surface area contributed by atoms with Crippen LogP contribution < -0.4 is 0 Å². The van der Waals surface area contributed by atoms with Crippen LogP contribution in [0, 0.1) is 0 Å². The van der Waals surface area contributed by atoms with Gasteiger partial charge in [0.25, 0.3) is 0 Å². The molecule has 0 unspecified atom stereocenters. The molecule has 0 aromatic carbocycles. The minimum Gasteiger partial charge on any atom is -0.456 e. The minimum atomic E-state index is -0.314. The Morgan fingerprint density at radius 2 is 2.43 bits per heavy atom. The van der Waals surface area contributed by atoms with Crippen molar-refractivity contribution in [1.29, 1.82) is 0 Å². The zero-order chi connectivity index (χ0) is 10.6. The quantitative estimate of drug-likeness (QED) is 0.508. The number of esters is 1. The Balaban J connectivity index is 2.68. The maximum absolute atomic E-state index is 11.3. The summed E-state index contributed by atoms with van der Waals surface area (Å²) >= 11 is 0. The number of rotatable bonds is 4. The Hall–Kier alpha value is -1.05. The molecule has 0 spiro atoms. The topological polar surface area (TPSA) is 26.3 Å². The fourth-order valence-electron chi connectivity index (χ4n) is 1.78. The van der Waals surface area contributed by atoms with E-state index in [1.54, 1.807) is 6.08 Å². The molecule has 0 radical (unpaired) electrons. The number of carbonyl (C=O) groups is 1. The van der Waals surface area contributed by atoms with E-state index in [-0.39, 0.29) is 11.6 Å². The lowest BCUT2D eigenvalue weighted by molar-refractivity contribution is -0.154. The lowest BCUT2D eigenvalue weighted by Gasteiger charge is -2.33. The predicted octanol–water partition coefficient (Wildman–Crippen LogP) is 2.99. The molecule has 1 rings (SSSR count). The summed E-state index contributed by atoms with van der Waals surface area (Å²) in [6.07, 6.45) is 7.03. The molecule has 0 amide bonds. The Kier molecular flexibility index (Phi) is 3.50. The lowest BCUT2D eigenvalue weighted by Crippen LogP contribution is -2.34. The average molecular weight is 194 g/mol. The van der Waals surface area contributed by atoms with E-state index in [2.05, 4.69) is 13.5 Å². The van der Waals surface area contributed by atoms with E-state index in [1.165, 1.54) is 5.57 Å². The molecule has 0 aromatic heterocycles. The highest BCUT2D eigenvalue weighted by molar-refractivity contribution is 5.84. The summed E-state index contributed by atoms with van der Waals surface area (Å²) in [6.45, 7) is 7.74. The first kappa shape index (κ1) is 11.0. The summed E-state index contributed by atoms with van der Waals surface area (Å²) in [5.74, 6) is -0.195. The predicted molar refractivity (Wildman–Crippen MR) is 56.9 cm³/mol. The van der Waals surface area contributed by atoms with Gasteiger partial charge in [-0.15, -0.1) is 6.58 Å². The van der Waals surface area contributed by atoms with Gasteiger partial charge in [0.15, 0.2) is 0 Å². The first-order chi connectivity index (χ1) is 6.59. The number of hydrogen-bond donors (Lipinski definition) is 0. The smallest absolute Gasteiger partial charge is 0.331 e. The van der Waals surface area contributed by atoms with Crippen LogP contribution in [0.2, 0.25) is 0 Å². The molecule has 2 nitrogen and oxygen atoms in total. The van der Waals surface area contributed by atoms with Crippen molar-refractivity contribution in [3.8, 4) is 0 Å². The van der Waals surface area contributed by atoms with Crippen LogP contribution in [0.4, 0.5) is 0 Å². The summed E-state index contributed by atoms with van der Waals surface area (Å²) in [5, 5.41) is 0. The molecule has 1 aliphatic heterocycles. The van der Waals surface area contributed by atoms with Crippen LogP contribution in [0.25, 0.3) is 0 Å². The molecule has 0 fully saturated rings.